The molecule has 2 fully saturated rings. The molecular weight excluding hydrogens is 284 g/mol. The lowest BCUT2D eigenvalue weighted by Crippen LogP contribution is -2.51. The van der Waals surface area contributed by atoms with Crippen molar-refractivity contribution in [1.29, 1.82) is 0 Å². The Balaban J connectivity index is 1.78. The van der Waals surface area contributed by atoms with E-state index in [1.165, 1.54) is 0 Å². The third-order valence-corrected chi connectivity index (χ3v) is 4.33. The summed E-state index contributed by atoms with van der Waals surface area (Å²) in [5.41, 5.74) is 0. The molecule has 0 aromatic rings. The molecule has 0 radical (unpaired) electrons. The standard InChI is InChI=1S/C16H28N2O4/c1-4-21-15(19)11-17-7-5-14(6-8-17)16(20)18-9-12(2)22-13(3)10-18/h12-14H,4-11H2,1-3H3/t12-,13+. The van der Waals surface area contributed by atoms with Gasteiger partial charge >= 0.3 is 5.97 Å². The molecule has 2 aliphatic heterocycles. The Morgan fingerprint density at radius 1 is 1.14 bits per heavy atom. The summed E-state index contributed by atoms with van der Waals surface area (Å²) >= 11 is 0. The Kier molecular flexibility index (Phi) is 6.20. The third kappa shape index (κ3) is 4.68. The first-order valence-electron chi connectivity index (χ1n) is 8.31. The van der Waals surface area contributed by atoms with Gasteiger partial charge in [0.1, 0.15) is 0 Å². The molecule has 0 unspecified atom stereocenters. The van der Waals surface area contributed by atoms with Crippen LogP contribution in [0, 0.1) is 5.92 Å². The van der Waals surface area contributed by atoms with Crippen LogP contribution < -0.4 is 0 Å². The van der Waals surface area contributed by atoms with E-state index < -0.39 is 0 Å². The van der Waals surface area contributed by atoms with E-state index in [-0.39, 0.29) is 30.0 Å². The summed E-state index contributed by atoms with van der Waals surface area (Å²) in [7, 11) is 0. The Labute approximate surface area is 132 Å². The zero-order valence-corrected chi connectivity index (χ0v) is 13.9. The first-order valence-corrected chi connectivity index (χ1v) is 8.31. The first kappa shape index (κ1) is 17.2. The van der Waals surface area contributed by atoms with Crippen molar-refractivity contribution in [3.05, 3.63) is 0 Å². The van der Waals surface area contributed by atoms with E-state index in [4.69, 9.17) is 9.47 Å². The quantitative estimate of drug-likeness (QED) is 0.722. The lowest BCUT2D eigenvalue weighted by Gasteiger charge is -2.39. The number of hydrogen-bond donors (Lipinski definition) is 0. The van der Waals surface area contributed by atoms with Gasteiger partial charge in [0, 0.05) is 19.0 Å². The van der Waals surface area contributed by atoms with Crippen LogP contribution in [0.25, 0.3) is 0 Å². The van der Waals surface area contributed by atoms with Crippen molar-refractivity contribution in [3.63, 3.8) is 0 Å². The summed E-state index contributed by atoms with van der Waals surface area (Å²) in [6.07, 6.45) is 1.85. The van der Waals surface area contributed by atoms with Crippen LogP contribution in [0.5, 0.6) is 0 Å². The normalized spacial score (nSPS) is 27.7. The van der Waals surface area contributed by atoms with E-state index in [1.807, 2.05) is 25.7 Å². The number of ether oxygens (including phenoxy) is 2. The number of carbonyl (C=O) groups is 2. The molecule has 2 atom stereocenters. The summed E-state index contributed by atoms with van der Waals surface area (Å²) < 4.78 is 10.7. The van der Waals surface area contributed by atoms with Gasteiger partial charge in [0.15, 0.2) is 0 Å². The smallest absolute Gasteiger partial charge is 0.320 e. The Hall–Kier alpha value is -1.14. The van der Waals surface area contributed by atoms with Crippen LogP contribution in [-0.4, -0.2) is 73.2 Å². The second kappa shape index (κ2) is 7.92. The van der Waals surface area contributed by atoms with Crippen molar-refractivity contribution in [1.82, 2.24) is 9.80 Å². The van der Waals surface area contributed by atoms with Gasteiger partial charge in [-0.3, -0.25) is 14.5 Å². The third-order valence-electron chi connectivity index (χ3n) is 4.33. The molecule has 2 heterocycles. The van der Waals surface area contributed by atoms with Gasteiger partial charge in [0.25, 0.3) is 0 Å². The van der Waals surface area contributed by atoms with Gasteiger partial charge in [-0.25, -0.2) is 0 Å². The van der Waals surface area contributed by atoms with E-state index in [1.54, 1.807) is 0 Å². The summed E-state index contributed by atoms with van der Waals surface area (Å²) in [4.78, 5) is 28.2. The Morgan fingerprint density at radius 2 is 1.73 bits per heavy atom. The molecule has 0 aromatic carbocycles. The average molecular weight is 312 g/mol. The van der Waals surface area contributed by atoms with E-state index in [0.29, 0.717) is 26.2 Å². The highest BCUT2D eigenvalue weighted by molar-refractivity contribution is 5.79. The van der Waals surface area contributed by atoms with Gasteiger partial charge in [-0.05, 0) is 46.7 Å². The maximum Gasteiger partial charge on any atom is 0.320 e. The number of esters is 1. The first-order chi connectivity index (χ1) is 10.5. The number of amides is 1. The van der Waals surface area contributed by atoms with Crippen molar-refractivity contribution in [2.75, 3.05) is 39.3 Å². The molecule has 0 N–H and O–H groups in total. The highest BCUT2D eigenvalue weighted by Crippen LogP contribution is 2.22. The van der Waals surface area contributed by atoms with Crippen LogP contribution in [0.2, 0.25) is 0 Å². The van der Waals surface area contributed by atoms with Crippen LogP contribution in [0.4, 0.5) is 0 Å². The topological polar surface area (TPSA) is 59.1 Å². The van der Waals surface area contributed by atoms with E-state index in [9.17, 15) is 9.59 Å². The molecule has 126 valence electrons. The number of rotatable bonds is 4. The summed E-state index contributed by atoms with van der Waals surface area (Å²) in [5.74, 6) is 0.150. The molecule has 6 nitrogen and oxygen atoms in total. The number of piperidine rings is 1. The molecule has 0 aromatic heterocycles. The van der Waals surface area contributed by atoms with E-state index >= 15 is 0 Å². The van der Waals surface area contributed by atoms with E-state index in [2.05, 4.69) is 4.90 Å². The summed E-state index contributed by atoms with van der Waals surface area (Å²) in [5, 5.41) is 0. The predicted molar refractivity (Wildman–Crippen MR) is 82.4 cm³/mol. The van der Waals surface area contributed by atoms with Crippen LogP contribution in [-0.2, 0) is 19.1 Å². The van der Waals surface area contributed by atoms with Crippen molar-refractivity contribution >= 4 is 11.9 Å². The minimum absolute atomic E-state index is 0.0796. The fraction of sp³-hybridized carbons (Fsp3) is 0.875. The number of carbonyl (C=O) groups excluding carboxylic acids is 2. The molecule has 0 bridgehead atoms. The minimum atomic E-state index is -0.178. The van der Waals surface area contributed by atoms with Crippen molar-refractivity contribution in [2.24, 2.45) is 5.92 Å². The molecule has 0 saturated carbocycles. The minimum Gasteiger partial charge on any atom is -0.465 e. The van der Waals surface area contributed by atoms with Crippen LogP contribution in [0.15, 0.2) is 0 Å². The maximum absolute atomic E-state index is 12.6. The molecule has 0 spiro atoms. The SMILES string of the molecule is CCOC(=O)CN1CCC(C(=O)N2C[C@@H](C)O[C@@H](C)C2)CC1. The monoisotopic (exact) mass is 312 g/mol. The maximum atomic E-state index is 12.6. The summed E-state index contributed by atoms with van der Waals surface area (Å²) in [6.45, 7) is 9.53. The van der Waals surface area contributed by atoms with Crippen LogP contribution >= 0.6 is 0 Å². The van der Waals surface area contributed by atoms with Crippen LogP contribution in [0.1, 0.15) is 33.6 Å². The molecule has 1 amide bonds. The van der Waals surface area contributed by atoms with Gasteiger partial charge in [0.2, 0.25) is 5.91 Å². The fourth-order valence-corrected chi connectivity index (χ4v) is 3.34. The summed E-state index contributed by atoms with van der Waals surface area (Å²) in [6, 6.07) is 0. The zero-order valence-electron chi connectivity index (χ0n) is 13.9. The van der Waals surface area contributed by atoms with Gasteiger partial charge < -0.3 is 14.4 Å². The number of hydrogen-bond acceptors (Lipinski definition) is 5. The van der Waals surface area contributed by atoms with Crippen LogP contribution in [0.3, 0.4) is 0 Å². The van der Waals surface area contributed by atoms with Gasteiger partial charge in [-0.15, -0.1) is 0 Å². The molecule has 2 aliphatic rings. The second-order valence-electron chi connectivity index (χ2n) is 6.36. The predicted octanol–water partition coefficient (Wildman–Crippen LogP) is 0.897. The Bertz CT molecular complexity index is 384. The molecule has 0 aliphatic carbocycles. The average Bonchev–Trinajstić information content (AvgIpc) is 2.46. The largest absolute Gasteiger partial charge is 0.465 e. The van der Waals surface area contributed by atoms with Crippen molar-refractivity contribution in [2.45, 2.75) is 45.8 Å². The van der Waals surface area contributed by atoms with Crippen molar-refractivity contribution < 1.29 is 19.1 Å². The van der Waals surface area contributed by atoms with Crippen molar-refractivity contribution in [3.8, 4) is 0 Å². The molecular formula is C16H28N2O4. The van der Waals surface area contributed by atoms with Gasteiger partial charge in [-0.2, -0.15) is 0 Å². The fourth-order valence-electron chi connectivity index (χ4n) is 3.34. The number of likely N-dealkylation sites (tertiary alicyclic amines) is 1. The molecule has 2 rings (SSSR count). The highest BCUT2D eigenvalue weighted by atomic mass is 16.5. The van der Waals surface area contributed by atoms with E-state index in [0.717, 1.165) is 25.9 Å². The molecule has 22 heavy (non-hydrogen) atoms. The number of nitrogens with zero attached hydrogens (tertiary/aromatic N) is 2. The van der Waals surface area contributed by atoms with Gasteiger partial charge in [0.05, 0.1) is 25.4 Å². The van der Waals surface area contributed by atoms with Gasteiger partial charge in [-0.1, -0.05) is 0 Å². The second-order valence-corrected chi connectivity index (χ2v) is 6.36. The number of morpholine rings is 1. The molecule has 2 saturated heterocycles. The highest BCUT2D eigenvalue weighted by Gasteiger charge is 2.32. The lowest BCUT2D eigenvalue weighted by molar-refractivity contribution is -0.149. The zero-order chi connectivity index (χ0) is 16.1. The molecule has 6 heteroatoms. The Morgan fingerprint density at radius 3 is 2.27 bits per heavy atom. The lowest BCUT2D eigenvalue weighted by atomic mass is 9.94.